The Labute approximate surface area is 82.5 Å². The second-order valence-corrected chi connectivity index (χ2v) is 3.64. The fraction of sp³-hybridized carbons (Fsp3) is 0.667. The van der Waals surface area contributed by atoms with Gasteiger partial charge >= 0.3 is 0 Å². The van der Waals surface area contributed by atoms with Crippen molar-refractivity contribution < 1.29 is 0 Å². The minimum Gasteiger partial charge on any atom is -0.276 e. The number of hydrogen-bond acceptors (Lipinski definition) is 1. The van der Waals surface area contributed by atoms with Crippen molar-refractivity contribution >= 4 is 15.7 Å². The first-order chi connectivity index (χ1) is 5.98. The van der Waals surface area contributed by atoms with E-state index in [1.165, 1.54) is 0 Å². The summed E-state index contributed by atoms with van der Waals surface area (Å²) in [4.78, 5) is 0. The van der Waals surface area contributed by atoms with Gasteiger partial charge in [0, 0.05) is 13.2 Å². The highest BCUT2D eigenvalue weighted by molar-refractivity contribution is 6.40. The van der Waals surface area contributed by atoms with E-state index in [0.717, 1.165) is 12.0 Å². The lowest BCUT2D eigenvalue weighted by atomic mass is 9.46. The van der Waals surface area contributed by atoms with Crippen LogP contribution in [0.3, 0.4) is 0 Å². The molecule has 1 rings (SSSR count). The summed E-state index contributed by atoms with van der Waals surface area (Å²) in [5.41, 5.74) is 0.893. The van der Waals surface area contributed by atoms with Crippen LogP contribution in [0.15, 0.2) is 12.4 Å². The molecule has 0 aliphatic rings. The van der Waals surface area contributed by atoms with Gasteiger partial charge in [0.25, 0.3) is 0 Å². The summed E-state index contributed by atoms with van der Waals surface area (Å²) in [6.45, 7) is 4.13. The van der Waals surface area contributed by atoms with E-state index in [9.17, 15) is 0 Å². The van der Waals surface area contributed by atoms with Crippen molar-refractivity contribution in [1.82, 2.24) is 9.78 Å². The van der Waals surface area contributed by atoms with Crippen LogP contribution < -0.4 is 0 Å². The molecule has 1 aromatic rings. The lowest BCUT2D eigenvalue weighted by Crippen LogP contribution is -2.34. The molecule has 4 heteroatoms. The quantitative estimate of drug-likeness (QED) is 0.620. The van der Waals surface area contributed by atoms with Gasteiger partial charge in [0.05, 0.1) is 21.9 Å². The first-order valence-corrected chi connectivity index (χ1v) is 4.55. The smallest absolute Gasteiger partial charge is 0.0687 e. The van der Waals surface area contributed by atoms with E-state index in [-0.39, 0.29) is 5.92 Å². The van der Waals surface area contributed by atoms with Crippen molar-refractivity contribution in [2.24, 2.45) is 13.0 Å². The Balaban J connectivity index is 2.92. The van der Waals surface area contributed by atoms with E-state index < -0.39 is 5.21 Å². The summed E-state index contributed by atoms with van der Waals surface area (Å²) < 4.78 is 1.71. The first-order valence-electron chi connectivity index (χ1n) is 4.55. The van der Waals surface area contributed by atoms with Crippen LogP contribution >= 0.6 is 0 Å². The van der Waals surface area contributed by atoms with Crippen LogP contribution in [0.25, 0.3) is 0 Å². The van der Waals surface area contributed by atoms with Crippen molar-refractivity contribution in [3.05, 3.63) is 18.0 Å². The highest BCUT2D eigenvalue weighted by Crippen LogP contribution is 2.27. The molecule has 4 radical (unpaired) electrons. The van der Waals surface area contributed by atoms with Crippen molar-refractivity contribution in [3.63, 3.8) is 0 Å². The molecule has 0 aliphatic carbocycles. The zero-order chi connectivity index (χ0) is 10.1. The predicted octanol–water partition coefficient (Wildman–Crippen LogP) is 0.956. The van der Waals surface area contributed by atoms with Gasteiger partial charge in [-0.25, -0.2) is 0 Å². The Kier molecular flexibility index (Phi) is 2.89. The third kappa shape index (κ3) is 1.98. The number of nitrogens with zero attached hydrogens (tertiary/aromatic N) is 2. The van der Waals surface area contributed by atoms with Crippen molar-refractivity contribution in [2.45, 2.75) is 25.5 Å². The maximum atomic E-state index is 6.03. The van der Waals surface area contributed by atoms with Gasteiger partial charge in [-0.05, 0) is 5.56 Å². The molecule has 66 valence electrons. The van der Waals surface area contributed by atoms with Gasteiger partial charge in [0.2, 0.25) is 0 Å². The van der Waals surface area contributed by atoms with Crippen molar-refractivity contribution in [3.8, 4) is 0 Å². The van der Waals surface area contributed by atoms with Gasteiger partial charge in [-0.15, -0.1) is 0 Å². The fourth-order valence-corrected chi connectivity index (χ4v) is 1.27. The van der Waals surface area contributed by atoms with E-state index in [2.05, 4.69) is 12.0 Å². The van der Waals surface area contributed by atoms with Gasteiger partial charge in [-0.2, -0.15) is 5.10 Å². The molecule has 0 saturated carbocycles. The Bertz CT molecular complexity index is 281. The van der Waals surface area contributed by atoms with E-state index in [1.54, 1.807) is 10.9 Å². The maximum absolute atomic E-state index is 6.03. The number of aromatic nitrogens is 2. The fourth-order valence-electron chi connectivity index (χ4n) is 1.27. The largest absolute Gasteiger partial charge is 0.276 e. The Morgan fingerprint density at radius 1 is 1.62 bits per heavy atom. The normalized spacial score (nSPS) is 14.4. The van der Waals surface area contributed by atoms with Crippen LogP contribution in [0.5, 0.6) is 0 Å². The number of aryl methyl sites for hydroxylation is 1. The second kappa shape index (κ2) is 3.60. The molecule has 13 heavy (non-hydrogen) atoms. The monoisotopic (exact) mass is 172 g/mol. The molecule has 1 atom stereocenters. The van der Waals surface area contributed by atoms with Crippen LogP contribution in [0.2, 0.25) is 0 Å². The third-order valence-electron chi connectivity index (χ3n) is 2.63. The van der Waals surface area contributed by atoms with E-state index in [1.807, 2.05) is 20.2 Å². The topological polar surface area (TPSA) is 17.8 Å². The average molecular weight is 172 g/mol. The van der Waals surface area contributed by atoms with Gasteiger partial charge in [0.15, 0.2) is 0 Å². The van der Waals surface area contributed by atoms with Crippen LogP contribution in [-0.2, 0) is 12.3 Å². The summed E-state index contributed by atoms with van der Waals surface area (Å²) in [5.74, 6) is 0.247. The van der Waals surface area contributed by atoms with E-state index >= 15 is 0 Å². The zero-order valence-corrected chi connectivity index (χ0v) is 8.49. The Hall–Kier alpha value is -0.660. The minimum atomic E-state index is -0.761. The molecule has 1 heterocycles. The van der Waals surface area contributed by atoms with Crippen molar-refractivity contribution in [1.29, 1.82) is 0 Å². The van der Waals surface area contributed by atoms with Gasteiger partial charge in [-0.3, -0.25) is 4.68 Å². The number of hydrogen-bond donors (Lipinski definition) is 0. The lowest BCUT2D eigenvalue weighted by Gasteiger charge is -2.31. The van der Waals surface area contributed by atoms with E-state index in [4.69, 9.17) is 15.7 Å². The molecule has 0 N–H and O–H groups in total. The standard InChI is InChI=1S/C9H14B2N2/c1-4-7(2)9(10,11)8-5-12-13(3)6-8/h5-7H,4H2,1-3H3. The van der Waals surface area contributed by atoms with Gasteiger partial charge in [0.1, 0.15) is 0 Å². The highest BCUT2D eigenvalue weighted by atomic mass is 15.2. The summed E-state index contributed by atoms with van der Waals surface area (Å²) >= 11 is 0. The number of rotatable bonds is 3. The molecular weight excluding hydrogens is 158 g/mol. The average Bonchev–Trinajstić information content (AvgIpc) is 2.50. The third-order valence-corrected chi connectivity index (χ3v) is 2.63. The lowest BCUT2D eigenvalue weighted by molar-refractivity contribution is 0.499. The molecule has 2 nitrogen and oxygen atoms in total. The summed E-state index contributed by atoms with van der Waals surface area (Å²) in [6, 6.07) is 0. The molecule has 0 spiro atoms. The molecule has 1 unspecified atom stereocenters. The minimum absolute atomic E-state index is 0.247. The Morgan fingerprint density at radius 3 is 2.62 bits per heavy atom. The molecular formula is C9H14B2N2. The zero-order valence-electron chi connectivity index (χ0n) is 8.49. The summed E-state index contributed by atoms with van der Waals surface area (Å²) in [6.07, 6.45) is 4.56. The molecule has 0 fully saturated rings. The van der Waals surface area contributed by atoms with Gasteiger partial charge in [-0.1, -0.05) is 31.4 Å². The second-order valence-electron chi connectivity index (χ2n) is 3.64. The highest BCUT2D eigenvalue weighted by Gasteiger charge is 2.26. The molecule has 0 amide bonds. The van der Waals surface area contributed by atoms with Crippen LogP contribution in [0.1, 0.15) is 25.8 Å². The SMILES string of the molecule is [B]C([B])(c1cnn(C)c1)C(C)CC. The summed E-state index contributed by atoms with van der Waals surface area (Å²) in [7, 11) is 13.9. The molecule has 0 aromatic carbocycles. The van der Waals surface area contributed by atoms with E-state index in [0.29, 0.717) is 0 Å². The maximum Gasteiger partial charge on any atom is 0.0687 e. The molecule has 1 aromatic heterocycles. The van der Waals surface area contributed by atoms with Crippen molar-refractivity contribution in [2.75, 3.05) is 0 Å². The first kappa shape index (κ1) is 10.4. The predicted molar refractivity (Wildman–Crippen MR) is 55.8 cm³/mol. The van der Waals surface area contributed by atoms with Gasteiger partial charge < -0.3 is 0 Å². The van der Waals surface area contributed by atoms with Crippen LogP contribution in [-0.4, -0.2) is 25.5 Å². The molecule has 0 bridgehead atoms. The molecule has 0 aliphatic heterocycles. The van der Waals surface area contributed by atoms with Crippen LogP contribution in [0, 0.1) is 5.92 Å². The van der Waals surface area contributed by atoms with Crippen LogP contribution in [0.4, 0.5) is 0 Å². The molecule has 0 saturated heterocycles. The Morgan fingerprint density at radius 2 is 2.23 bits per heavy atom. The summed E-state index contributed by atoms with van der Waals surface area (Å²) in [5, 5.41) is 3.30.